The molecule has 1 aliphatic rings. The van der Waals surface area contributed by atoms with E-state index in [1.54, 1.807) is 6.07 Å². The monoisotopic (exact) mass is 236 g/mol. The van der Waals surface area contributed by atoms with Crippen LogP contribution in [-0.2, 0) is 0 Å². The van der Waals surface area contributed by atoms with Crippen molar-refractivity contribution >= 4 is 23.2 Å². The van der Waals surface area contributed by atoms with Crippen molar-refractivity contribution in [3.63, 3.8) is 0 Å². The van der Waals surface area contributed by atoms with Crippen molar-refractivity contribution in [2.75, 3.05) is 42.5 Å². The molecule has 6 heteroatoms. The molecule has 17 heavy (non-hydrogen) atoms. The van der Waals surface area contributed by atoms with E-state index in [0.717, 1.165) is 5.69 Å². The van der Waals surface area contributed by atoms with E-state index < -0.39 is 6.09 Å². The third-order valence-electron chi connectivity index (χ3n) is 2.99. The fourth-order valence-corrected chi connectivity index (χ4v) is 1.91. The Morgan fingerprint density at radius 2 is 1.76 bits per heavy atom. The Labute approximate surface area is 99.4 Å². The Morgan fingerprint density at radius 3 is 2.29 bits per heavy atom. The second-order valence-electron chi connectivity index (χ2n) is 4.07. The number of benzene rings is 1. The highest BCUT2D eigenvalue weighted by Crippen LogP contribution is 2.23. The van der Waals surface area contributed by atoms with Crippen molar-refractivity contribution in [2.45, 2.75) is 0 Å². The van der Waals surface area contributed by atoms with Crippen LogP contribution < -0.4 is 16.4 Å². The number of nitrogens with zero attached hydrogens (tertiary/aromatic N) is 2. The number of nitrogen functional groups attached to an aromatic ring is 2. The Morgan fingerprint density at radius 1 is 1.12 bits per heavy atom. The van der Waals surface area contributed by atoms with Gasteiger partial charge >= 0.3 is 6.09 Å². The van der Waals surface area contributed by atoms with Crippen molar-refractivity contribution < 1.29 is 9.90 Å². The van der Waals surface area contributed by atoms with Crippen LogP contribution in [0.15, 0.2) is 18.2 Å². The molecule has 1 saturated heterocycles. The lowest BCUT2D eigenvalue weighted by Gasteiger charge is -2.34. The van der Waals surface area contributed by atoms with Crippen molar-refractivity contribution in [1.82, 2.24) is 4.90 Å². The van der Waals surface area contributed by atoms with Gasteiger partial charge < -0.3 is 26.4 Å². The van der Waals surface area contributed by atoms with Gasteiger partial charge in [0.05, 0.1) is 11.4 Å². The molecule has 0 bridgehead atoms. The van der Waals surface area contributed by atoms with Crippen molar-refractivity contribution in [3.05, 3.63) is 18.2 Å². The van der Waals surface area contributed by atoms with Gasteiger partial charge in [-0.25, -0.2) is 4.79 Å². The predicted molar refractivity (Wildman–Crippen MR) is 67.1 cm³/mol. The minimum Gasteiger partial charge on any atom is -0.465 e. The first-order chi connectivity index (χ1) is 8.08. The van der Waals surface area contributed by atoms with Crippen LogP contribution in [-0.4, -0.2) is 42.3 Å². The lowest BCUT2D eigenvalue weighted by atomic mass is 10.2. The quantitative estimate of drug-likeness (QED) is 0.622. The summed E-state index contributed by atoms with van der Waals surface area (Å²) in [7, 11) is 0. The molecular weight excluding hydrogens is 220 g/mol. The molecule has 0 radical (unpaired) electrons. The van der Waals surface area contributed by atoms with Gasteiger partial charge in [-0.15, -0.1) is 0 Å². The molecule has 1 aromatic carbocycles. The van der Waals surface area contributed by atoms with Gasteiger partial charge in [-0.2, -0.15) is 0 Å². The molecule has 1 aliphatic heterocycles. The number of amides is 1. The summed E-state index contributed by atoms with van der Waals surface area (Å²) in [6.07, 6.45) is -0.860. The second-order valence-corrected chi connectivity index (χ2v) is 4.07. The molecule has 1 aromatic rings. The molecule has 0 unspecified atom stereocenters. The van der Waals surface area contributed by atoms with Crippen LogP contribution in [0.1, 0.15) is 0 Å². The van der Waals surface area contributed by atoms with E-state index in [0.29, 0.717) is 37.6 Å². The van der Waals surface area contributed by atoms with Crippen LogP contribution in [0.4, 0.5) is 21.9 Å². The summed E-state index contributed by atoms with van der Waals surface area (Å²) >= 11 is 0. The summed E-state index contributed by atoms with van der Waals surface area (Å²) < 4.78 is 0. The molecule has 2 rings (SSSR count). The fraction of sp³-hybridized carbons (Fsp3) is 0.364. The topological polar surface area (TPSA) is 95.8 Å². The molecule has 0 aliphatic carbocycles. The van der Waals surface area contributed by atoms with Gasteiger partial charge in [-0.3, -0.25) is 0 Å². The Kier molecular flexibility index (Phi) is 2.95. The first-order valence-corrected chi connectivity index (χ1v) is 5.46. The molecule has 1 fully saturated rings. The largest absolute Gasteiger partial charge is 0.465 e. The summed E-state index contributed by atoms with van der Waals surface area (Å²) in [5.41, 5.74) is 13.5. The average molecular weight is 236 g/mol. The lowest BCUT2D eigenvalue weighted by molar-refractivity contribution is 0.142. The molecule has 1 heterocycles. The molecule has 6 nitrogen and oxygen atoms in total. The van der Waals surface area contributed by atoms with Gasteiger partial charge in [0.25, 0.3) is 0 Å². The number of anilines is 3. The van der Waals surface area contributed by atoms with Gasteiger partial charge in [0.1, 0.15) is 0 Å². The molecule has 1 amide bonds. The molecule has 0 aromatic heterocycles. The zero-order chi connectivity index (χ0) is 12.4. The lowest BCUT2D eigenvalue weighted by Crippen LogP contribution is -2.48. The third kappa shape index (κ3) is 2.35. The number of piperazine rings is 1. The van der Waals surface area contributed by atoms with Crippen LogP contribution in [0.2, 0.25) is 0 Å². The predicted octanol–water partition coefficient (Wildman–Crippen LogP) is 0.651. The SMILES string of the molecule is Nc1ccc(N2CCN(C(=O)O)CC2)cc1N. The normalized spacial score (nSPS) is 16.0. The number of hydrogen-bond acceptors (Lipinski definition) is 4. The Hall–Kier alpha value is -2.11. The molecule has 5 N–H and O–H groups in total. The van der Waals surface area contributed by atoms with Crippen LogP contribution in [0, 0.1) is 0 Å². The first kappa shape index (κ1) is 11.4. The molecular formula is C11H16N4O2. The van der Waals surface area contributed by atoms with Gasteiger partial charge in [0.15, 0.2) is 0 Å². The van der Waals surface area contributed by atoms with E-state index in [9.17, 15) is 4.79 Å². The van der Waals surface area contributed by atoms with Crippen molar-refractivity contribution in [2.24, 2.45) is 0 Å². The van der Waals surface area contributed by atoms with E-state index in [1.807, 2.05) is 12.1 Å². The third-order valence-corrected chi connectivity index (χ3v) is 2.99. The number of nitrogens with two attached hydrogens (primary N) is 2. The number of carbonyl (C=O) groups is 1. The molecule has 0 spiro atoms. The maximum atomic E-state index is 10.8. The van der Waals surface area contributed by atoms with Crippen LogP contribution in [0.25, 0.3) is 0 Å². The van der Waals surface area contributed by atoms with E-state index in [-0.39, 0.29) is 0 Å². The molecule has 92 valence electrons. The standard InChI is InChI=1S/C11H16N4O2/c12-9-2-1-8(7-10(9)13)14-3-5-15(6-4-14)11(16)17/h1-2,7H,3-6,12-13H2,(H,16,17). The number of rotatable bonds is 1. The summed E-state index contributed by atoms with van der Waals surface area (Å²) in [6, 6.07) is 5.50. The Balaban J connectivity index is 2.05. The molecule has 0 atom stereocenters. The summed E-state index contributed by atoms with van der Waals surface area (Å²) in [6.45, 7) is 2.38. The van der Waals surface area contributed by atoms with Gasteiger partial charge in [0.2, 0.25) is 0 Å². The maximum absolute atomic E-state index is 10.8. The highest BCUT2D eigenvalue weighted by Gasteiger charge is 2.20. The van der Waals surface area contributed by atoms with Gasteiger partial charge in [0, 0.05) is 31.9 Å². The fourth-order valence-electron chi connectivity index (χ4n) is 1.91. The van der Waals surface area contributed by atoms with E-state index in [1.165, 1.54) is 4.90 Å². The smallest absolute Gasteiger partial charge is 0.407 e. The minimum atomic E-state index is -0.860. The first-order valence-electron chi connectivity index (χ1n) is 5.46. The summed E-state index contributed by atoms with van der Waals surface area (Å²) in [5, 5.41) is 8.85. The molecule has 0 saturated carbocycles. The average Bonchev–Trinajstić information content (AvgIpc) is 2.33. The summed E-state index contributed by atoms with van der Waals surface area (Å²) in [4.78, 5) is 14.3. The zero-order valence-electron chi connectivity index (χ0n) is 9.47. The van der Waals surface area contributed by atoms with Crippen molar-refractivity contribution in [1.29, 1.82) is 0 Å². The van der Waals surface area contributed by atoms with Crippen LogP contribution >= 0.6 is 0 Å². The number of carboxylic acid groups (broad SMARTS) is 1. The van der Waals surface area contributed by atoms with E-state index in [2.05, 4.69) is 4.90 Å². The van der Waals surface area contributed by atoms with Crippen LogP contribution in [0.5, 0.6) is 0 Å². The summed E-state index contributed by atoms with van der Waals surface area (Å²) in [5.74, 6) is 0. The maximum Gasteiger partial charge on any atom is 0.407 e. The second kappa shape index (κ2) is 4.40. The minimum absolute atomic E-state index is 0.514. The highest BCUT2D eigenvalue weighted by atomic mass is 16.4. The van der Waals surface area contributed by atoms with Crippen molar-refractivity contribution in [3.8, 4) is 0 Å². The van der Waals surface area contributed by atoms with E-state index in [4.69, 9.17) is 16.6 Å². The van der Waals surface area contributed by atoms with Gasteiger partial charge in [-0.1, -0.05) is 0 Å². The Bertz CT molecular complexity index is 427. The van der Waals surface area contributed by atoms with Gasteiger partial charge in [-0.05, 0) is 18.2 Å². The highest BCUT2D eigenvalue weighted by molar-refractivity contribution is 5.70. The van der Waals surface area contributed by atoms with E-state index >= 15 is 0 Å². The van der Waals surface area contributed by atoms with Crippen LogP contribution in [0.3, 0.4) is 0 Å². The zero-order valence-corrected chi connectivity index (χ0v) is 9.47. The number of hydrogen-bond donors (Lipinski definition) is 3.